The second-order valence-corrected chi connectivity index (χ2v) is 7.18. The van der Waals surface area contributed by atoms with Gasteiger partial charge in [-0.05, 0) is 36.2 Å². The number of ether oxygens (including phenoxy) is 1. The van der Waals surface area contributed by atoms with Crippen LogP contribution in [-0.4, -0.2) is 67.6 Å². The number of urea groups is 1. The number of nitrogens with zero attached hydrogens (tertiary/aromatic N) is 2. The van der Waals surface area contributed by atoms with E-state index in [0.717, 1.165) is 11.3 Å². The van der Waals surface area contributed by atoms with Crippen molar-refractivity contribution in [3.8, 4) is 5.75 Å². The van der Waals surface area contributed by atoms with E-state index in [0.29, 0.717) is 39.1 Å². The number of anilines is 1. The van der Waals surface area contributed by atoms with Crippen LogP contribution in [0.4, 0.5) is 19.3 Å². The number of rotatable bonds is 8. The van der Waals surface area contributed by atoms with Crippen molar-refractivity contribution in [1.82, 2.24) is 15.1 Å². The molecule has 0 unspecified atom stereocenters. The van der Waals surface area contributed by atoms with Gasteiger partial charge in [0, 0.05) is 38.4 Å². The molecular formula is C22H26F2N4O3. The van der Waals surface area contributed by atoms with Crippen molar-refractivity contribution >= 4 is 17.6 Å². The van der Waals surface area contributed by atoms with E-state index < -0.39 is 6.61 Å². The number of piperazine rings is 1. The number of hydrogen-bond donors (Lipinski definition) is 2. The molecule has 0 atom stereocenters. The average Bonchev–Trinajstić information content (AvgIpc) is 2.75. The minimum atomic E-state index is -2.84. The number of para-hydroxylation sites is 1. The van der Waals surface area contributed by atoms with E-state index in [4.69, 9.17) is 0 Å². The third-order valence-corrected chi connectivity index (χ3v) is 4.92. The lowest BCUT2D eigenvalue weighted by Crippen LogP contribution is -2.53. The van der Waals surface area contributed by atoms with Gasteiger partial charge in [-0.1, -0.05) is 30.3 Å². The van der Waals surface area contributed by atoms with Gasteiger partial charge in [0.25, 0.3) is 0 Å². The van der Waals surface area contributed by atoms with Crippen LogP contribution in [0.2, 0.25) is 0 Å². The summed E-state index contributed by atoms with van der Waals surface area (Å²) < 4.78 is 28.6. The maximum Gasteiger partial charge on any atom is 0.387 e. The van der Waals surface area contributed by atoms with E-state index in [1.54, 1.807) is 17.0 Å². The molecule has 1 heterocycles. The van der Waals surface area contributed by atoms with Crippen molar-refractivity contribution in [3.05, 3.63) is 60.2 Å². The summed E-state index contributed by atoms with van der Waals surface area (Å²) in [5.74, 6) is 0.0344. The molecule has 3 rings (SSSR count). The van der Waals surface area contributed by atoms with Crippen LogP contribution in [0.5, 0.6) is 5.75 Å². The largest absolute Gasteiger partial charge is 0.435 e. The first-order valence-electron chi connectivity index (χ1n) is 10.1. The molecule has 2 aromatic carbocycles. The summed E-state index contributed by atoms with van der Waals surface area (Å²) in [7, 11) is 0. The van der Waals surface area contributed by atoms with Crippen LogP contribution in [0.3, 0.4) is 0 Å². The number of alkyl halides is 2. The molecule has 2 N–H and O–H groups in total. The van der Waals surface area contributed by atoms with Crippen LogP contribution in [0.25, 0.3) is 0 Å². The highest BCUT2D eigenvalue weighted by atomic mass is 19.3. The van der Waals surface area contributed by atoms with Gasteiger partial charge in [-0.2, -0.15) is 8.78 Å². The van der Waals surface area contributed by atoms with Gasteiger partial charge in [0.15, 0.2) is 0 Å². The fourth-order valence-corrected chi connectivity index (χ4v) is 3.30. The minimum absolute atomic E-state index is 0.0749. The predicted molar refractivity (Wildman–Crippen MR) is 113 cm³/mol. The molecule has 0 radical (unpaired) electrons. The summed E-state index contributed by atoms with van der Waals surface area (Å²) >= 11 is 0. The Morgan fingerprint density at radius 3 is 2.29 bits per heavy atom. The molecule has 1 aliphatic heterocycles. The molecule has 0 bridgehead atoms. The Labute approximate surface area is 180 Å². The highest BCUT2D eigenvalue weighted by Crippen LogP contribution is 2.15. The number of halogens is 2. The van der Waals surface area contributed by atoms with Gasteiger partial charge < -0.3 is 20.3 Å². The second kappa shape index (κ2) is 11.3. The maximum absolute atomic E-state index is 12.3. The van der Waals surface area contributed by atoms with Crippen LogP contribution in [0, 0.1) is 0 Å². The standard InChI is InChI=1S/C22H26F2N4O3/c23-21(24)31-19-8-6-17(7-9-19)10-11-25-22(30)28-14-12-27(13-15-28)16-20(29)26-18-4-2-1-3-5-18/h1-9,21H,10-16H2,(H,25,30)(H,26,29). The van der Waals surface area contributed by atoms with E-state index in [1.807, 2.05) is 35.2 Å². The van der Waals surface area contributed by atoms with Gasteiger partial charge in [-0.15, -0.1) is 0 Å². The molecular weight excluding hydrogens is 406 g/mol. The Kier molecular flexibility index (Phi) is 8.17. The molecule has 2 aromatic rings. The lowest BCUT2D eigenvalue weighted by Gasteiger charge is -2.34. The summed E-state index contributed by atoms with van der Waals surface area (Å²) in [4.78, 5) is 28.2. The fourth-order valence-electron chi connectivity index (χ4n) is 3.30. The predicted octanol–water partition coefficient (Wildman–Crippen LogP) is 2.80. The van der Waals surface area contributed by atoms with E-state index in [1.165, 1.54) is 12.1 Å². The van der Waals surface area contributed by atoms with E-state index >= 15 is 0 Å². The van der Waals surface area contributed by atoms with Crippen LogP contribution < -0.4 is 15.4 Å². The number of amides is 3. The van der Waals surface area contributed by atoms with Gasteiger partial charge in [-0.25, -0.2) is 4.79 Å². The summed E-state index contributed by atoms with van der Waals surface area (Å²) in [5.41, 5.74) is 1.68. The lowest BCUT2D eigenvalue weighted by molar-refractivity contribution is -0.117. The number of nitrogens with one attached hydrogen (secondary N) is 2. The molecule has 1 saturated heterocycles. The summed E-state index contributed by atoms with van der Waals surface area (Å²) in [6, 6.07) is 15.5. The molecule has 0 aliphatic carbocycles. The highest BCUT2D eigenvalue weighted by Gasteiger charge is 2.22. The van der Waals surface area contributed by atoms with Crippen molar-refractivity contribution in [1.29, 1.82) is 0 Å². The zero-order valence-corrected chi connectivity index (χ0v) is 17.1. The van der Waals surface area contributed by atoms with Crippen LogP contribution in [0.1, 0.15) is 5.56 Å². The van der Waals surface area contributed by atoms with E-state index in [2.05, 4.69) is 15.4 Å². The Bertz CT molecular complexity index is 842. The Balaban J connectivity index is 1.33. The number of hydrogen-bond acceptors (Lipinski definition) is 4. The molecule has 166 valence electrons. The van der Waals surface area contributed by atoms with Gasteiger partial charge in [0.05, 0.1) is 6.54 Å². The van der Waals surface area contributed by atoms with Crippen molar-refractivity contribution in [2.24, 2.45) is 0 Å². The SMILES string of the molecule is O=C(CN1CCN(C(=O)NCCc2ccc(OC(F)F)cc2)CC1)Nc1ccccc1. The normalized spacial score (nSPS) is 14.4. The van der Waals surface area contributed by atoms with Crippen LogP contribution in [-0.2, 0) is 11.2 Å². The molecule has 0 spiro atoms. The number of benzene rings is 2. The first kappa shape index (κ1) is 22.5. The smallest absolute Gasteiger partial charge is 0.387 e. The van der Waals surface area contributed by atoms with Crippen molar-refractivity contribution < 1.29 is 23.1 Å². The Morgan fingerprint density at radius 2 is 1.65 bits per heavy atom. The lowest BCUT2D eigenvalue weighted by atomic mass is 10.1. The highest BCUT2D eigenvalue weighted by molar-refractivity contribution is 5.92. The molecule has 0 aromatic heterocycles. The Hall–Kier alpha value is -3.20. The third-order valence-electron chi connectivity index (χ3n) is 4.92. The molecule has 9 heteroatoms. The number of carbonyl (C=O) groups excluding carboxylic acids is 2. The topological polar surface area (TPSA) is 73.9 Å². The van der Waals surface area contributed by atoms with Gasteiger partial charge in [0.2, 0.25) is 5.91 Å². The molecule has 7 nitrogen and oxygen atoms in total. The molecule has 0 saturated carbocycles. The first-order valence-corrected chi connectivity index (χ1v) is 10.1. The third kappa shape index (κ3) is 7.53. The zero-order chi connectivity index (χ0) is 22.1. The van der Waals surface area contributed by atoms with Gasteiger partial charge in [0.1, 0.15) is 5.75 Å². The molecule has 1 fully saturated rings. The quantitative estimate of drug-likeness (QED) is 0.673. The van der Waals surface area contributed by atoms with Gasteiger partial charge >= 0.3 is 12.6 Å². The summed E-state index contributed by atoms with van der Waals surface area (Å²) in [5, 5.41) is 5.73. The zero-order valence-electron chi connectivity index (χ0n) is 17.1. The number of carbonyl (C=O) groups is 2. The van der Waals surface area contributed by atoms with E-state index in [9.17, 15) is 18.4 Å². The van der Waals surface area contributed by atoms with E-state index in [-0.39, 0.29) is 24.2 Å². The first-order chi connectivity index (χ1) is 15.0. The fraction of sp³-hybridized carbons (Fsp3) is 0.364. The van der Waals surface area contributed by atoms with Crippen LogP contribution >= 0.6 is 0 Å². The molecule has 31 heavy (non-hydrogen) atoms. The second-order valence-electron chi connectivity index (χ2n) is 7.18. The molecule has 3 amide bonds. The molecule has 1 aliphatic rings. The minimum Gasteiger partial charge on any atom is -0.435 e. The van der Waals surface area contributed by atoms with Crippen molar-refractivity contribution in [2.75, 3.05) is 44.6 Å². The maximum atomic E-state index is 12.3. The van der Waals surface area contributed by atoms with Crippen molar-refractivity contribution in [2.45, 2.75) is 13.0 Å². The average molecular weight is 432 g/mol. The monoisotopic (exact) mass is 432 g/mol. The van der Waals surface area contributed by atoms with Gasteiger partial charge in [-0.3, -0.25) is 9.69 Å². The van der Waals surface area contributed by atoms with Crippen LogP contribution in [0.15, 0.2) is 54.6 Å². The summed E-state index contributed by atoms with van der Waals surface area (Å²) in [6.07, 6.45) is 0.584. The summed E-state index contributed by atoms with van der Waals surface area (Å²) in [6.45, 7) is 0.226. The Morgan fingerprint density at radius 1 is 0.968 bits per heavy atom. The van der Waals surface area contributed by atoms with Crippen molar-refractivity contribution in [3.63, 3.8) is 0 Å².